The van der Waals surface area contributed by atoms with E-state index in [1.54, 1.807) is 11.3 Å². The molecule has 2 aromatic heterocycles. The van der Waals surface area contributed by atoms with Crippen LogP contribution < -0.4 is 0 Å². The van der Waals surface area contributed by atoms with E-state index in [9.17, 15) is 4.79 Å². The van der Waals surface area contributed by atoms with Crippen LogP contribution in [0.2, 0.25) is 0 Å². The van der Waals surface area contributed by atoms with Crippen molar-refractivity contribution in [1.82, 2.24) is 9.97 Å². The minimum Gasteiger partial charge on any atom is -0.335 e. The molecule has 0 spiro atoms. The summed E-state index contributed by atoms with van der Waals surface area (Å²) in [7, 11) is 0. The number of aldehydes is 1. The van der Waals surface area contributed by atoms with Crippen molar-refractivity contribution in [2.24, 2.45) is 0 Å². The minimum atomic E-state index is 0.500. The summed E-state index contributed by atoms with van der Waals surface area (Å²) in [5, 5.41) is 1.97. The van der Waals surface area contributed by atoms with Crippen LogP contribution in [0.15, 0.2) is 22.1 Å². The molecule has 66 valence electrons. The molecule has 3 nitrogen and oxygen atoms in total. The summed E-state index contributed by atoms with van der Waals surface area (Å²) >= 11 is 4.92. The van der Waals surface area contributed by atoms with Crippen LogP contribution >= 0.6 is 27.3 Å². The average Bonchev–Trinajstić information content (AvgIpc) is 2.71. The molecule has 0 unspecified atom stereocenters. The maximum atomic E-state index is 10.4. The van der Waals surface area contributed by atoms with Crippen molar-refractivity contribution in [1.29, 1.82) is 0 Å². The van der Waals surface area contributed by atoms with Crippen molar-refractivity contribution in [3.63, 3.8) is 0 Å². The lowest BCUT2D eigenvalue weighted by atomic mass is 10.4. The van der Waals surface area contributed by atoms with E-state index in [1.807, 2.05) is 11.4 Å². The van der Waals surface area contributed by atoms with E-state index in [0.29, 0.717) is 5.69 Å². The third kappa shape index (κ3) is 1.71. The van der Waals surface area contributed by atoms with E-state index < -0.39 is 0 Å². The van der Waals surface area contributed by atoms with Crippen LogP contribution in [-0.4, -0.2) is 16.3 Å². The highest BCUT2D eigenvalue weighted by molar-refractivity contribution is 9.10. The number of hydrogen-bond donors (Lipinski definition) is 1. The third-order valence-electron chi connectivity index (χ3n) is 1.52. The van der Waals surface area contributed by atoms with Crippen molar-refractivity contribution in [2.75, 3.05) is 0 Å². The fourth-order valence-electron chi connectivity index (χ4n) is 0.958. The zero-order chi connectivity index (χ0) is 9.26. The first-order valence-electron chi connectivity index (χ1n) is 3.54. The standard InChI is InChI=1S/C8H5BrN2OS/c9-5-1-7(13-4-5)8-10-2-6(3-12)11-8/h1-4H,(H,10,11). The average molecular weight is 257 g/mol. The molecule has 1 N–H and O–H groups in total. The van der Waals surface area contributed by atoms with Gasteiger partial charge < -0.3 is 4.98 Å². The molecule has 0 aliphatic rings. The van der Waals surface area contributed by atoms with Gasteiger partial charge in [-0.15, -0.1) is 11.3 Å². The molecule has 0 aliphatic carbocycles. The molecule has 13 heavy (non-hydrogen) atoms. The predicted octanol–water partition coefficient (Wildman–Crippen LogP) is 2.71. The van der Waals surface area contributed by atoms with Crippen molar-refractivity contribution in [3.05, 3.63) is 27.8 Å². The van der Waals surface area contributed by atoms with Gasteiger partial charge in [-0.05, 0) is 22.0 Å². The Labute approximate surface area is 87.0 Å². The molecule has 0 fully saturated rings. The molecular weight excluding hydrogens is 252 g/mol. The fraction of sp³-hybridized carbons (Fsp3) is 0. The van der Waals surface area contributed by atoms with Gasteiger partial charge in [-0.1, -0.05) is 0 Å². The Hall–Kier alpha value is -0.940. The quantitative estimate of drug-likeness (QED) is 0.841. The number of thiophene rings is 1. The number of carbonyl (C=O) groups excluding carboxylic acids is 1. The summed E-state index contributed by atoms with van der Waals surface area (Å²) in [6.07, 6.45) is 2.27. The van der Waals surface area contributed by atoms with Crippen molar-refractivity contribution >= 4 is 33.6 Å². The SMILES string of the molecule is O=Cc1cnc(-c2cc(Br)cs2)[nH]1. The molecule has 0 saturated heterocycles. The lowest BCUT2D eigenvalue weighted by Gasteiger charge is -1.86. The number of H-pyrrole nitrogens is 1. The summed E-state index contributed by atoms with van der Waals surface area (Å²) in [6, 6.07) is 1.96. The second-order valence-corrected chi connectivity index (χ2v) is 4.26. The lowest BCUT2D eigenvalue weighted by Crippen LogP contribution is -1.77. The Kier molecular flexibility index (Phi) is 2.28. The number of hydrogen-bond acceptors (Lipinski definition) is 3. The summed E-state index contributed by atoms with van der Waals surface area (Å²) in [4.78, 5) is 18.4. The van der Waals surface area contributed by atoms with Crippen LogP contribution in [0.3, 0.4) is 0 Å². The molecule has 0 aromatic carbocycles. The maximum Gasteiger partial charge on any atom is 0.167 e. The van der Waals surface area contributed by atoms with E-state index in [-0.39, 0.29) is 0 Å². The molecule has 2 heterocycles. The van der Waals surface area contributed by atoms with Gasteiger partial charge in [0.05, 0.1) is 16.8 Å². The number of aromatic nitrogens is 2. The summed E-state index contributed by atoms with van der Waals surface area (Å²) in [6.45, 7) is 0. The van der Waals surface area contributed by atoms with Crippen LogP contribution in [0.25, 0.3) is 10.7 Å². The molecular formula is C8H5BrN2OS. The number of rotatable bonds is 2. The maximum absolute atomic E-state index is 10.4. The Morgan fingerprint density at radius 3 is 3.00 bits per heavy atom. The van der Waals surface area contributed by atoms with Gasteiger partial charge in [-0.25, -0.2) is 4.98 Å². The zero-order valence-electron chi connectivity index (χ0n) is 6.45. The molecule has 0 aliphatic heterocycles. The summed E-state index contributed by atoms with van der Waals surface area (Å²) < 4.78 is 1.02. The van der Waals surface area contributed by atoms with Crippen molar-refractivity contribution in [3.8, 4) is 10.7 Å². The Balaban J connectivity index is 2.40. The third-order valence-corrected chi connectivity index (χ3v) is 3.22. The monoisotopic (exact) mass is 256 g/mol. The number of carbonyl (C=O) groups is 1. The van der Waals surface area contributed by atoms with Gasteiger partial charge in [0.2, 0.25) is 0 Å². The second kappa shape index (κ2) is 3.43. The molecule has 0 atom stereocenters. The van der Waals surface area contributed by atoms with Gasteiger partial charge in [0.25, 0.3) is 0 Å². The Bertz CT molecular complexity index is 435. The van der Waals surface area contributed by atoms with Crippen LogP contribution in [0, 0.1) is 0 Å². The highest BCUT2D eigenvalue weighted by Gasteiger charge is 2.04. The first-order chi connectivity index (χ1) is 6.29. The fourth-order valence-corrected chi connectivity index (χ4v) is 2.34. The number of nitrogens with zero attached hydrogens (tertiary/aromatic N) is 1. The van der Waals surface area contributed by atoms with Crippen LogP contribution in [-0.2, 0) is 0 Å². The summed E-state index contributed by atoms with van der Waals surface area (Å²) in [5.74, 6) is 0.734. The molecule has 0 bridgehead atoms. The number of imidazole rings is 1. The summed E-state index contributed by atoms with van der Waals surface area (Å²) in [5.41, 5.74) is 0.500. The first-order valence-corrected chi connectivity index (χ1v) is 5.21. The van der Waals surface area contributed by atoms with Gasteiger partial charge in [-0.3, -0.25) is 4.79 Å². The van der Waals surface area contributed by atoms with Crippen LogP contribution in [0.5, 0.6) is 0 Å². The molecule has 2 rings (SSSR count). The van der Waals surface area contributed by atoms with Crippen LogP contribution in [0.1, 0.15) is 10.5 Å². The zero-order valence-corrected chi connectivity index (χ0v) is 8.85. The van der Waals surface area contributed by atoms with Gasteiger partial charge in [-0.2, -0.15) is 0 Å². The van der Waals surface area contributed by atoms with E-state index in [1.165, 1.54) is 6.20 Å². The number of nitrogens with one attached hydrogen (secondary N) is 1. The Morgan fingerprint density at radius 2 is 2.46 bits per heavy atom. The van der Waals surface area contributed by atoms with E-state index in [2.05, 4.69) is 25.9 Å². The minimum absolute atomic E-state index is 0.500. The van der Waals surface area contributed by atoms with E-state index in [0.717, 1.165) is 21.5 Å². The van der Waals surface area contributed by atoms with Crippen LogP contribution in [0.4, 0.5) is 0 Å². The van der Waals surface area contributed by atoms with Crippen molar-refractivity contribution in [2.45, 2.75) is 0 Å². The molecule has 5 heteroatoms. The van der Waals surface area contributed by atoms with Gasteiger partial charge in [0.1, 0.15) is 5.82 Å². The molecule has 0 saturated carbocycles. The largest absolute Gasteiger partial charge is 0.335 e. The Morgan fingerprint density at radius 1 is 1.62 bits per heavy atom. The van der Waals surface area contributed by atoms with Gasteiger partial charge in [0, 0.05) is 9.85 Å². The predicted molar refractivity (Wildman–Crippen MR) is 55.0 cm³/mol. The molecule has 0 amide bonds. The molecule has 0 radical (unpaired) electrons. The normalized spacial score (nSPS) is 10.2. The second-order valence-electron chi connectivity index (χ2n) is 2.43. The number of aromatic amines is 1. The highest BCUT2D eigenvalue weighted by Crippen LogP contribution is 2.27. The van der Waals surface area contributed by atoms with E-state index in [4.69, 9.17) is 0 Å². The van der Waals surface area contributed by atoms with E-state index >= 15 is 0 Å². The smallest absolute Gasteiger partial charge is 0.167 e. The first kappa shape index (κ1) is 8.65. The topological polar surface area (TPSA) is 45.8 Å². The highest BCUT2D eigenvalue weighted by atomic mass is 79.9. The van der Waals surface area contributed by atoms with Gasteiger partial charge >= 0.3 is 0 Å². The molecule has 2 aromatic rings. The van der Waals surface area contributed by atoms with Crippen molar-refractivity contribution < 1.29 is 4.79 Å². The lowest BCUT2D eigenvalue weighted by molar-refractivity contribution is 0.111. The van der Waals surface area contributed by atoms with Gasteiger partial charge in [0.15, 0.2) is 6.29 Å². The number of halogens is 1.